The molecule has 0 fully saturated rings. The summed E-state index contributed by atoms with van der Waals surface area (Å²) in [4.78, 5) is 11.1. The van der Waals surface area contributed by atoms with Crippen molar-refractivity contribution in [2.45, 2.75) is 58.8 Å². The molecule has 0 saturated heterocycles. The second-order valence-electron chi connectivity index (χ2n) is 5.49. The van der Waals surface area contributed by atoms with Crippen LogP contribution < -0.4 is 34.7 Å². The van der Waals surface area contributed by atoms with Crippen LogP contribution in [0.25, 0.3) is 0 Å². The Labute approximate surface area is 143 Å². The molecule has 1 unspecified atom stereocenters. The number of aromatic hydroxyl groups is 1. The molecule has 0 aliphatic heterocycles. The molecule has 3 nitrogen and oxygen atoms in total. The van der Waals surface area contributed by atoms with Crippen LogP contribution in [0.3, 0.4) is 0 Å². The van der Waals surface area contributed by atoms with E-state index < -0.39 is 5.97 Å². The number of carbonyl (C=O) groups is 1. The van der Waals surface area contributed by atoms with Crippen LogP contribution in [0.2, 0.25) is 0 Å². The van der Waals surface area contributed by atoms with Gasteiger partial charge in [0.15, 0.2) is 0 Å². The van der Waals surface area contributed by atoms with Crippen LogP contribution in [-0.2, 0) is 5.41 Å². The molecule has 0 radical (unpaired) electrons. The van der Waals surface area contributed by atoms with Gasteiger partial charge in [-0.2, -0.15) is 0 Å². The van der Waals surface area contributed by atoms with Crippen molar-refractivity contribution >= 4 is 5.97 Å². The number of aromatic carboxylic acids is 1. The topological polar surface area (TPSA) is 60.4 Å². The monoisotopic (exact) mass is 286 g/mol. The summed E-state index contributed by atoms with van der Waals surface area (Å²) in [5.41, 5.74) is 1.23. The summed E-state index contributed by atoms with van der Waals surface area (Å²) < 4.78 is 0. The molecular formula is C16H23NaO3. The van der Waals surface area contributed by atoms with Crippen LogP contribution in [0, 0.1) is 6.92 Å². The van der Waals surface area contributed by atoms with Crippen LogP contribution >= 0.6 is 0 Å². The summed E-state index contributed by atoms with van der Waals surface area (Å²) in [6.45, 7) is 7.93. The molecule has 0 aromatic heterocycles. The van der Waals surface area contributed by atoms with E-state index in [1.165, 1.54) is 6.07 Å². The summed E-state index contributed by atoms with van der Waals surface area (Å²) in [5, 5.41) is 21.3. The van der Waals surface area contributed by atoms with Gasteiger partial charge in [0, 0.05) is 11.1 Å². The van der Waals surface area contributed by atoms with Gasteiger partial charge in [0.25, 0.3) is 0 Å². The molecule has 0 amide bonds. The predicted octanol–water partition coefficient (Wildman–Crippen LogP) is -0.0740. The fourth-order valence-corrected chi connectivity index (χ4v) is 2.46. The molecule has 0 saturated carbocycles. The average Bonchev–Trinajstić information content (AvgIpc) is 2.35. The van der Waals surface area contributed by atoms with Crippen molar-refractivity contribution in [2.75, 3.05) is 0 Å². The predicted molar refractivity (Wildman–Crippen MR) is 74.3 cm³/mol. The van der Waals surface area contributed by atoms with Gasteiger partial charge in [-0.15, -0.1) is 0 Å². The second-order valence-corrected chi connectivity index (χ2v) is 5.49. The van der Waals surface area contributed by atoms with Crippen molar-refractivity contribution < 1.29 is 44.6 Å². The van der Waals surface area contributed by atoms with Crippen LogP contribution in [-0.4, -0.2) is 11.1 Å². The van der Waals surface area contributed by atoms with E-state index in [1.54, 1.807) is 13.0 Å². The van der Waals surface area contributed by atoms with Gasteiger partial charge in [0.2, 0.25) is 0 Å². The maximum Gasteiger partial charge on any atom is 1.00 e. The number of carbonyl (C=O) groups excluding carboxylic acids is 1. The standard InChI is InChI=1S/C16H24O3.Na/c1-5-7-8-16(4,6-2)13-10-12(15(18)19)11(3)9-14(13)17;/h9-10,17H,5-8H2,1-4H3,(H,18,19);/q;+1/p-1. The van der Waals surface area contributed by atoms with E-state index in [-0.39, 0.29) is 46.3 Å². The van der Waals surface area contributed by atoms with E-state index in [9.17, 15) is 15.0 Å². The number of benzene rings is 1. The Kier molecular flexibility index (Phi) is 7.85. The molecule has 0 spiro atoms. The van der Waals surface area contributed by atoms with Gasteiger partial charge in [0.1, 0.15) is 5.75 Å². The molecule has 1 atom stereocenters. The number of carboxylic acids is 1. The van der Waals surface area contributed by atoms with Gasteiger partial charge < -0.3 is 15.0 Å². The molecule has 1 N–H and O–H groups in total. The first kappa shape index (κ1) is 19.5. The molecule has 4 heteroatoms. The zero-order valence-corrected chi connectivity index (χ0v) is 15.2. The largest absolute Gasteiger partial charge is 1.00 e. The van der Waals surface area contributed by atoms with Crippen molar-refractivity contribution in [3.8, 4) is 5.75 Å². The van der Waals surface area contributed by atoms with Gasteiger partial charge in [-0.25, -0.2) is 0 Å². The third-order valence-electron chi connectivity index (χ3n) is 4.08. The van der Waals surface area contributed by atoms with Gasteiger partial charge in [0.05, 0.1) is 5.97 Å². The first-order valence-corrected chi connectivity index (χ1v) is 6.91. The van der Waals surface area contributed by atoms with Crippen LogP contribution in [0.15, 0.2) is 12.1 Å². The Hall–Kier alpha value is -0.510. The van der Waals surface area contributed by atoms with Crippen molar-refractivity contribution in [3.05, 3.63) is 28.8 Å². The van der Waals surface area contributed by atoms with E-state index >= 15 is 0 Å². The fraction of sp³-hybridized carbons (Fsp3) is 0.562. The normalized spacial score (nSPS) is 13.4. The van der Waals surface area contributed by atoms with Crippen molar-refractivity contribution in [2.24, 2.45) is 0 Å². The van der Waals surface area contributed by atoms with Crippen LogP contribution in [0.4, 0.5) is 0 Å². The minimum absolute atomic E-state index is 0. The van der Waals surface area contributed by atoms with Crippen LogP contribution in [0.5, 0.6) is 5.75 Å². The first-order chi connectivity index (χ1) is 8.85. The molecular weight excluding hydrogens is 263 g/mol. The maximum absolute atomic E-state index is 11.1. The number of phenolic OH excluding ortho intramolecular Hbond substituents is 1. The third kappa shape index (κ3) is 4.24. The molecule has 106 valence electrons. The van der Waals surface area contributed by atoms with Gasteiger partial charge in [-0.3, -0.25) is 0 Å². The number of hydrogen-bond acceptors (Lipinski definition) is 3. The number of phenols is 1. The summed E-state index contributed by atoms with van der Waals surface area (Å²) in [5.74, 6) is -1.00. The molecule has 1 rings (SSSR count). The summed E-state index contributed by atoms with van der Waals surface area (Å²) in [6.07, 6.45) is 3.92. The van der Waals surface area contributed by atoms with E-state index in [4.69, 9.17) is 0 Å². The molecule has 1 aromatic rings. The number of hydrogen-bond donors (Lipinski definition) is 1. The first-order valence-electron chi connectivity index (χ1n) is 6.91. The Morgan fingerprint density at radius 2 is 1.95 bits per heavy atom. The number of aryl methyl sites for hydroxylation is 1. The number of rotatable bonds is 6. The molecule has 0 aliphatic rings. The Balaban J connectivity index is 0.00000361. The Bertz CT molecular complexity index is 471. The molecule has 0 aliphatic carbocycles. The summed E-state index contributed by atoms with van der Waals surface area (Å²) in [6, 6.07) is 3.11. The Morgan fingerprint density at radius 1 is 1.35 bits per heavy atom. The van der Waals surface area contributed by atoms with E-state index in [0.29, 0.717) is 11.1 Å². The smallest absolute Gasteiger partial charge is 0.545 e. The molecule has 1 aromatic carbocycles. The zero-order valence-electron chi connectivity index (χ0n) is 13.2. The van der Waals surface area contributed by atoms with Crippen molar-refractivity contribution in [1.29, 1.82) is 0 Å². The van der Waals surface area contributed by atoms with E-state index in [0.717, 1.165) is 25.7 Å². The number of unbranched alkanes of at least 4 members (excludes halogenated alkanes) is 1. The van der Waals surface area contributed by atoms with E-state index in [2.05, 4.69) is 20.8 Å². The van der Waals surface area contributed by atoms with Gasteiger partial charge in [-0.05, 0) is 42.9 Å². The molecule has 20 heavy (non-hydrogen) atoms. The maximum atomic E-state index is 11.1. The minimum Gasteiger partial charge on any atom is -0.545 e. The fourth-order valence-electron chi connectivity index (χ4n) is 2.46. The third-order valence-corrected chi connectivity index (χ3v) is 4.08. The summed E-state index contributed by atoms with van der Waals surface area (Å²) >= 11 is 0. The number of carboxylic acid groups (broad SMARTS) is 1. The van der Waals surface area contributed by atoms with Gasteiger partial charge in [-0.1, -0.05) is 33.6 Å². The second kappa shape index (κ2) is 8.06. The van der Waals surface area contributed by atoms with E-state index in [1.807, 2.05) is 0 Å². The van der Waals surface area contributed by atoms with Crippen LogP contribution in [0.1, 0.15) is 67.9 Å². The van der Waals surface area contributed by atoms with Crippen molar-refractivity contribution in [3.63, 3.8) is 0 Å². The molecule has 0 bridgehead atoms. The average molecular weight is 286 g/mol. The Morgan fingerprint density at radius 3 is 2.40 bits per heavy atom. The van der Waals surface area contributed by atoms with Gasteiger partial charge >= 0.3 is 29.6 Å². The van der Waals surface area contributed by atoms with Crippen molar-refractivity contribution in [1.82, 2.24) is 0 Å². The quantitative estimate of drug-likeness (QED) is 0.745. The molecule has 0 heterocycles. The summed E-state index contributed by atoms with van der Waals surface area (Å²) in [7, 11) is 0. The SMILES string of the molecule is CCCCC(C)(CC)c1cc(C(=O)[O-])c(C)cc1O.[Na+]. The minimum atomic E-state index is -1.19. The zero-order chi connectivity index (χ0) is 14.6.